The minimum Gasteiger partial charge on any atom is -0.477 e. The molecule has 0 bridgehead atoms. The first kappa shape index (κ1) is 24.2. The fourth-order valence-electron chi connectivity index (χ4n) is 5.60. The van der Waals surface area contributed by atoms with Crippen LogP contribution in [0.4, 0.5) is 11.4 Å². The highest BCUT2D eigenvalue weighted by molar-refractivity contribution is 5.96. The number of rotatable bonds is 4. The molecule has 1 fully saturated rings. The Kier molecular flexibility index (Phi) is 6.15. The maximum Gasteiger partial charge on any atom is 0.354 e. The highest BCUT2D eigenvalue weighted by Crippen LogP contribution is 2.40. The standard InChI is InChI=1S/C29H29N5O4/c1-17-12-21-24(33(2)28(17)35)13-20(18-7-10-38-11-8-18)14-25(21)34-9-3-4-22-26(34)16-31-27(32-22)19-5-6-23(29(36)37)30-15-19/h5-6,12-16,18H,3-4,7-11H2,1-2H3,(H,36,37). The number of ether oxygens (including phenoxy) is 1. The summed E-state index contributed by atoms with van der Waals surface area (Å²) in [6, 6.07) is 9.61. The van der Waals surface area contributed by atoms with Crippen LogP contribution in [-0.2, 0) is 18.2 Å². The molecule has 0 unspecified atom stereocenters. The molecule has 1 N–H and O–H groups in total. The van der Waals surface area contributed by atoms with Gasteiger partial charge in [-0.2, -0.15) is 0 Å². The van der Waals surface area contributed by atoms with Crippen molar-refractivity contribution in [1.29, 1.82) is 0 Å². The molecule has 0 atom stereocenters. The summed E-state index contributed by atoms with van der Waals surface area (Å²) in [5.41, 5.74) is 6.49. The molecule has 2 aliphatic heterocycles. The number of hydrogen-bond acceptors (Lipinski definition) is 7. The maximum absolute atomic E-state index is 12.9. The molecule has 0 spiro atoms. The van der Waals surface area contributed by atoms with Gasteiger partial charge < -0.3 is 19.3 Å². The molecule has 0 radical (unpaired) electrons. The van der Waals surface area contributed by atoms with E-state index in [-0.39, 0.29) is 11.3 Å². The van der Waals surface area contributed by atoms with Crippen LogP contribution in [0, 0.1) is 6.92 Å². The molecular weight excluding hydrogens is 482 g/mol. The normalized spacial score (nSPS) is 16.0. The molecule has 1 saturated heterocycles. The maximum atomic E-state index is 12.9. The van der Waals surface area contributed by atoms with Crippen LogP contribution in [0.15, 0.2) is 47.5 Å². The number of aromatic carboxylic acids is 1. The Bertz CT molecular complexity index is 1610. The number of anilines is 2. The lowest BCUT2D eigenvalue weighted by Gasteiger charge is -2.33. The van der Waals surface area contributed by atoms with Gasteiger partial charge in [-0.15, -0.1) is 0 Å². The Balaban J connectivity index is 1.47. The number of pyridine rings is 2. The molecule has 194 valence electrons. The first-order valence-corrected chi connectivity index (χ1v) is 13.0. The number of nitrogens with zero attached hydrogens (tertiary/aromatic N) is 5. The Morgan fingerprint density at radius 3 is 2.63 bits per heavy atom. The lowest BCUT2D eigenvalue weighted by molar-refractivity contribution is 0.0690. The summed E-state index contributed by atoms with van der Waals surface area (Å²) >= 11 is 0. The minimum atomic E-state index is -1.07. The first-order chi connectivity index (χ1) is 18.4. The highest BCUT2D eigenvalue weighted by Gasteiger charge is 2.26. The van der Waals surface area contributed by atoms with Gasteiger partial charge in [0.25, 0.3) is 5.56 Å². The van der Waals surface area contributed by atoms with Crippen LogP contribution >= 0.6 is 0 Å². The zero-order chi connectivity index (χ0) is 26.4. The molecule has 0 amide bonds. The smallest absolute Gasteiger partial charge is 0.354 e. The van der Waals surface area contributed by atoms with Crippen molar-refractivity contribution in [2.75, 3.05) is 24.7 Å². The summed E-state index contributed by atoms with van der Waals surface area (Å²) in [6.07, 6.45) is 7.01. The van der Waals surface area contributed by atoms with E-state index in [1.165, 1.54) is 17.8 Å². The Labute approximate surface area is 219 Å². The third-order valence-corrected chi connectivity index (χ3v) is 7.68. The number of carbonyl (C=O) groups is 1. The molecule has 9 heteroatoms. The van der Waals surface area contributed by atoms with E-state index >= 15 is 0 Å². The average Bonchev–Trinajstić information content (AvgIpc) is 2.95. The number of fused-ring (bicyclic) bond motifs is 2. The number of aryl methyl sites for hydroxylation is 3. The van der Waals surface area contributed by atoms with Crippen LogP contribution in [0.2, 0.25) is 0 Å². The van der Waals surface area contributed by atoms with Crippen molar-refractivity contribution in [2.45, 2.75) is 38.5 Å². The molecule has 2 aliphatic rings. The van der Waals surface area contributed by atoms with Gasteiger partial charge in [-0.25, -0.2) is 19.7 Å². The van der Waals surface area contributed by atoms with E-state index < -0.39 is 5.97 Å². The van der Waals surface area contributed by atoms with E-state index in [0.29, 0.717) is 22.9 Å². The van der Waals surface area contributed by atoms with Crippen LogP contribution < -0.4 is 10.5 Å². The average molecular weight is 512 g/mol. The van der Waals surface area contributed by atoms with Gasteiger partial charge >= 0.3 is 5.97 Å². The van der Waals surface area contributed by atoms with Gasteiger partial charge in [-0.05, 0) is 74.4 Å². The molecular formula is C29H29N5O4. The van der Waals surface area contributed by atoms with Gasteiger partial charge in [0.1, 0.15) is 5.69 Å². The number of benzene rings is 1. The van der Waals surface area contributed by atoms with Crippen LogP contribution in [0.5, 0.6) is 0 Å². The third-order valence-electron chi connectivity index (χ3n) is 7.68. The van der Waals surface area contributed by atoms with Crippen molar-refractivity contribution in [3.8, 4) is 11.4 Å². The van der Waals surface area contributed by atoms with Gasteiger partial charge in [0.05, 0.1) is 28.8 Å². The molecule has 9 nitrogen and oxygen atoms in total. The Morgan fingerprint density at radius 2 is 1.89 bits per heavy atom. The molecule has 0 saturated carbocycles. The number of carboxylic acid groups (broad SMARTS) is 1. The van der Waals surface area contributed by atoms with Gasteiger partial charge in [-0.1, -0.05) is 0 Å². The lowest BCUT2D eigenvalue weighted by atomic mass is 9.89. The predicted octanol–water partition coefficient (Wildman–Crippen LogP) is 4.38. The van der Waals surface area contributed by atoms with Crippen molar-refractivity contribution in [3.63, 3.8) is 0 Å². The van der Waals surface area contributed by atoms with Gasteiger partial charge in [-0.3, -0.25) is 4.79 Å². The third kappa shape index (κ3) is 4.22. The molecule has 4 aromatic rings. The van der Waals surface area contributed by atoms with E-state index in [1.807, 2.05) is 26.2 Å². The lowest BCUT2D eigenvalue weighted by Crippen LogP contribution is -2.27. The zero-order valence-corrected chi connectivity index (χ0v) is 21.5. The van der Waals surface area contributed by atoms with E-state index in [0.717, 1.165) is 73.4 Å². The summed E-state index contributed by atoms with van der Waals surface area (Å²) in [4.78, 5) is 39.8. The molecule has 6 rings (SSSR count). The van der Waals surface area contributed by atoms with Crippen molar-refractivity contribution in [1.82, 2.24) is 19.5 Å². The zero-order valence-electron chi connectivity index (χ0n) is 21.5. The molecule has 0 aliphatic carbocycles. The second kappa shape index (κ2) is 9.64. The van der Waals surface area contributed by atoms with Crippen molar-refractivity contribution in [2.24, 2.45) is 7.05 Å². The fourth-order valence-corrected chi connectivity index (χ4v) is 5.60. The SMILES string of the molecule is Cc1cc2c(N3CCCc4nc(-c5ccc(C(=O)O)nc5)ncc43)cc(C3CCOCC3)cc2n(C)c1=O. The van der Waals surface area contributed by atoms with Gasteiger partial charge in [0.15, 0.2) is 5.82 Å². The Hall–Kier alpha value is -4.11. The summed E-state index contributed by atoms with van der Waals surface area (Å²) < 4.78 is 7.37. The quantitative estimate of drug-likeness (QED) is 0.430. The van der Waals surface area contributed by atoms with E-state index in [1.54, 1.807) is 10.6 Å². The van der Waals surface area contributed by atoms with Crippen LogP contribution in [0.25, 0.3) is 22.3 Å². The summed E-state index contributed by atoms with van der Waals surface area (Å²) in [5.74, 6) is -0.164. The van der Waals surface area contributed by atoms with Crippen molar-refractivity contribution >= 4 is 28.2 Å². The second-order valence-corrected chi connectivity index (χ2v) is 10.1. The van der Waals surface area contributed by atoms with Gasteiger partial charge in [0.2, 0.25) is 0 Å². The fraction of sp³-hybridized carbons (Fsp3) is 0.345. The van der Waals surface area contributed by atoms with Crippen LogP contribution in [-0.4, -0.2) is 50.4 Å². The molecule has 38 heavy (non-hydrogen) atoms. The van der Waals surface area contributed by atoms with E-state index in [2.05, 4.69) is 27.0 Å². The van der Waals surface area contributed by atoms with Crippen LogP contribution in [0.1, 0.15) is 52.5 Å². The van der Waals surface area contributed by atoms with Gasteiger partial charge in [0, 0.05) is 49.5 Å². The number of hydrogen-bond donors (Lipinski definition) is 1. The monoisotopic (exact) mass is 511 g/mol. The summed E-state index contributed by atoms with van der Waals surface area (Å²) in [6.45, 7) is 4.17. The van der Waals surface area contributed by atoms with E-state index in [9.17, 15) is 9.59 Å². The topological polar surface area (TPSA) is 110 Å². The summed E-state index contributed by atoms with van der Waals surface area (Å²) in [5, 5.41) is 10.2. The molecule has 1 aromatic carbocycles. The number of carboxylic acids is 1. The largest absolute Gasteiger partial charge is 0.477 e. The Morgan fingerprint density at radius 1 is 1.08 bits per heavy atom. The van der Waals surface area contributed by atoms with E-state index in [4.69, 9.17) is 14.8 Å². The molecule has 3 aromatic heterocycles. The predicted molar refractivity (Wildman–Crippen MR) is 144 cm³/mol. The highest BCUT2D eigenvalue weighted by atomic mass is 16.5. The molecule has 5 heterocycles. The van der Waals surface area contributed by atoms with Crippen LogP contribution in [0.3, 0.4) is 0 Å². The first-order valence-electron chi connectivity index (χ1n) is 13.0. The van der Waals surface area contributed by atoms with Crippen molar-refractivity contribution in [3.05, 3.63) is 75.6 Å². The number of aromatic nitrogens is 4. The van der Waals surface area contributed by atoms with Crippen molar-refractivity contribution < 1.29 is 14.6 Å². The minimum absolute atomic E-state index is 0.0149. The second-order valence-electron chi connectivity index (χ2n) is 10.1. The summed E-state index contributed by atoms with van der Waals surface area (Å²) in [7, 11) is 1.85.